The maximum absolute atomic E-state index is 11.8. The van der Waals surface area contributed by atoms with Crippen LogP contribution < -0.4 is 5.32 Å². The third-order valence-electron chi connectivity index (χ3n) is 2.42. The molecule has 106 valence electrons. The molecule has 1 aromatic rings. The second-order valence-corrected chi connectivity index (χ2v) is 5.56. The summed E-state index contributed by atoms with van der Waals surface area (Å²) in [5, 5.41) is 3.92. The van der Waals surface area contributed by atoms with Crippen molar-refractivity contribution in [3.63, 3.8) is 0 Å². The van der Waals surface area contributed by atoms with Gasteiger partial charge in [0.25, 0.3) is 0 Å². The van der Waals surface area contributed by atoms with E-state index in [4.69, 9.17) is 16.3 Å². The van der Waals surface area contributed by atoms with Crippen molar-refractivity contribution in [1.82, 2.24) is 5.32 Å². The van der Waals surface area contributed by atoms with Crippen molar-refractivity contribution in [2.75, 3.05) is 18.9 Å². The zero-order valence-electron chi connectivity index (χ0n) is 11.3. The molecule has 0 radical (unpaired) electrons. The molecule has 0 aliphatic heterocycles. The highest BCUT2D eigenvalue weighted by atomic mass is 35.5. The first-order valence-corrected chi connectivity index (χ1v) is 7.82. The number of carbonyl (C=O) groups excluding carboxylic acids is 1. The Balaban J connectivity index is 2.54. The first-order valence-electron chi connectivity index (χ1n) is 6.45. The van der Waals surface area contributed by atoms with Crippen molar-refractivity contribution in [1.29, 1.82) is 0 Å². The highest BCUT2D eigenvalue weighted by Gasteiger charge is 2.18. The van der Waals surface area contributed by atoms with E-state index in [2.05, 4.69) is 12.2 Å². The third-order valence-corrected chi connectivity index (χ3v) is 3.75. The van der Waals surface area contributed by atoms with Crippen LogP contribution in [-0.4, -0.2) is 30.9 Å². The minimum absolute atomic E-state index is 0.189. The summed E-state index contributed by atoms with van der Waals surface area (Å²) in [4.78, 5) is 12.9. The number of ether oxygens (including phenoxy) is 1. The van der Waals surface area contributed by atoms with E-state index in [9.17, 15) is 4.79 Å². The quantitative estimate of drug-likeness (QED) is 0.590. The zero-order chi connectivity index (χ0) is 14.1. The summed E-state index contributed by atoms with van der Waals surface area (Å²) in [7, 11) is 0. The van der Waals surface area contributed by atoms with Crippen LogP contribution >= 0.6 is 23.4 Å². The highest BCUT2D eigenvalue weighted by molar-refractivity contribution is 7.99. The molecule has 0 bridgehead atoms. The lowest BCUT2D eigenvalue weighted by Crippen LogP contribution is -2.40. The molecule has 5 heteroatoms. The van der Waals surface area contributed by atoms with Crippen LogP contribution in [0.25, 0.3) is 0 Å². The fraction of sp³-hybridized carbons (Fsp3) is 0.500. The monoisotopic (exact) mass is 301 g/mol. The molecule has 0 spiro atoms. The second kappa shape index (κ2) is 9.23. The molecule has 0 aliphatic rings. The number of carbonyl (C=O) groups is 1. The number of thioether (sulfide) groups is 1. The smallest absolute Gasteiger partial charge is 0.323 e. The van der Waals surface area contributed by atoms with Crippen LogP contribution in [-0.2, 0) is 9.53 Å². The summed E-state index contributed by atoms with van der Waals surface area (Å²) in [6, 6.07) is 7.35. The minimum atomic E-state index is -0.274. The molecular weight excluding hydrogens is 282 g/mol. The average Bonchev–Trinajstić information content (AvgIpc) is 2.39. The third kappa shape index (κ3) is 6.32. The Morgan fingerprint density at radius 1 is 1.47 bits per heavy atom. The van der Waals surface area contributed by atoms with Gasteiger partial charge in [-0.1, -0.05) is 24.6 Å². The summed E-state index contributed by atoms with van der Waals surface area (Å²) in [6.45, 7) is 5.10. The lowest BCUT2D eigenvalue weighted by molar-refractivity contribution is -0.144. The number of nitrogens with one attached hydrogen (secondary N) is 1. The molecule has 0 saturated carbocycles. The Morgan fingerprint density at radius 3 is 2.89 bits per heavy atom. The Hall–Kier alpha value is -0.710. The molecule has 1 aromatic carbocycles. The number of rotatable bonds is 8. The fourth-order valence-corrected chi connectivity index (χ4v) is 2.76. The predicted octanol–water partition coefficient (Wildman–Crippen LogP) is 3.36. The van der Waals surface area contributed by atoms with Crippen molar-refractivity contribution in [2.24, 2.45) is 0 Å². The molecule has 0 saturated heterocycles. The topological polar surface area (TPSA) is 38.3 Å². The molecule has 1 unspecified atom stereocenters. The van der Waals surface area contributed by atoms with Gasteiger partial charge in [0.05, 0.1) is 6.61 Å². The number of esters is 1. The summed E-state index contributed by atoms with van der Waals surface area (Å²) < 4.78 is 5.07. The maximum Gasteiger partial charge on any atom is 0.323 e. The number of benzene rings is 1. The van der Waals surface area contributed by atoms with Crippen LogP contribution in [0.5, 0.6) is 0 Å². The molecule has 19 heavy (non-hydrogen) atoms. The van der Waals surface area contributed by atoms with Gasteiger partial charge in [0.2, 0.25) is 0 Å². The van der Waals surface area contributed by atoms with Crippen LogP contribution in [0.3, 0.4) is 0 Å². The van der Waals surface area contributed by atoms with Crippen LogP contribution in [0.2, 0.25) is 5.02 Å². The Morgan fingerprint density at radius 2 is 2.26 bits per heavy atom. The fourth-order valence-electron chi connectivity index (χ4n) is 1.51. The van der Waals surface area contributed by atoms with Gasteiger partial charge in [-0.15, -0.1) is 11.8 Å². The summed E-state index contributed by atoms with van der Waals surface area (Å²) >= 11 is 7.53. The van der Waals surface area contributed by atoms with Crippen molar-refractivity contribution >= 4 is 29.3 Å². The molecular formula is C14H20ClNO2S. The van der Waals surface area contributed by atoms with E-state index in [1.807, 2.05) is 31.2 Å². The first kappa shape index (κ1) is 16.3. The van der Waals surface area contributed by atoms with Crippen LogP contribution in [0.1, 0.15) is 20.3 Å². The highest BCUT2D eigenvalue weighted by Crippen LogP contribution is 2.22. The molecule has 0 amide bonds. The van der Waals surface area contributed by atoms with E-state index < -0.39 is 0 Å². The Labute approximate surface area is 124 Å². The Kier molecular flexibility index (Phi) is 7.94. The van der Waals surface area contributed by atoms with E-state index in [0.29, 0.717) is 17.4 Å². The van der Waals surface area contributed by atoms with E-state index in [0.717, 1.165) is 17.9 Å². The van der Waals surface area contributed by atoms with Gasteiger partial charge < -0.3 is 10.1 Å². The Bertz CT molecular complexity index is 401. The molecule has 0 aromatic heterocycles. The average molecular weight is 302 g/mol. The largest absolute Gasteiger partial charge is 0.465 e. The van der Waals surface area contributed by atoms with Crippen molar-refractivity contribution in [3.05, 3.63) is 29.3 Å². The molecule has 0 aliphatic carbocycles. The van der Waals surface area contributed by atoms with Gasteiger partial charge in [-0.25, -0.2) is 0 Å². The van der Waals surface area contributed by atoms with Crippen molar-refractivity contribution in [3.8, 4) is 0 Å². The standard InChI is InChI=1S/C14H20ClNO2S/c1-3-8-16-13(14(17)18-4-2)10-19-12-7-5-6-11(15)9-12/h5-7,9,13,16H,3-4,8,10H2,1-2H3. The lowest BCUT2D eigenvalue weighted by atomic mass is 10.3. The van der Waals surface area contributed by atoms with E-state index in [1.165, 1.54) is 0 Å². The van der Waals surface area contributed by atoms with Gasteiger partial charge in [0.15, 0.2) is 0 Å². The van der Waals surface area contributed by atoms with Gasteiger partial charge in [0, 0.05) is 15.7 Å². The van der Waals surface area contributed by atoms with Gasteiger partial charge in [-0.2, -0.15) is 0 Å². The summed E-state index contributed by atoms with van der Waals surface area (Å²) in [6.07, 6.45) is 0.984. The van der Waals surface area contributed by atoms with Crippen LogP contribution in [0, 0.1) is 0 Å². The van der Waals surface area contributed by atoms with Crippen LogP contribution in [0.4, 0.5) is 0 Å². The SMILES string of the molecule is CCCNC(CSc1cccc(Cl)c1)C(=O)OCC. The molecule has 0 heterocycles. The maximum atomic E-state index is 11.8. The van der Waals surface area contributed by atoms with Gasteiger partial charge >= 0.3 is 5.97 Å². The van der Waals surface area contributed by atoms with Crippen molar-refractivity contribution < 1.29 is 9.53 Å². The second-order valence-electron chi connectivity index (χ2n) is 4.03. The molecule has 1 atom stereocenters. The predicted molar refractivity (Wildman–Crippen MR) is 80.9 cm³/mol. The molecule has 1 N–H and O–H groups in total. The van der Waals surface area contributed by atoms with Gasteiger partial charge in [0.1, 0.15) is 6.04 Å². The summed E-state index contributed by atoms with van der Waals surface area (Å²) in [5.41, 5.74) is 0. The zero-order valence-corrected chi connectivity index (χ0v) is 12.9. The van der Waals surface area contributed by atoms with E-state index in [-0.39, 0.29) is 12.0 Å². The molecule has 0 fully saturated rings. The normalized spacial score (nSPS) is 12.2. The van der Waals surface area contributed by atoms with E-state index >= 15 is 0 Å². The minimum Gasteiger partial charge on any atom is -0.465 e. The number of halogens is 1. The first-order chi connectivity index (χ1) is 9.17. The van der Waals surface area contributed by atoms with E-state index in [1.54, 1.807) is 11.8 Å². The molecule has 3 nitrogen and oxygen atoms in total. The summed E-state index contributed by atoms with van der Waals surface area (Å²) in [5.74, 6) is 0.449. The number of hydrogen-bond donors (Lipinski definition) is 1. The van der Waals surface area contributed by atoms with Crippen LogP contribution in [0.15, 0.2) is 29.2 Å². The molecule has 1 rings (SSSR count). The lowest BCUT2D eigenvalue weighted by Gasteiger charge is -2.16. The van der Waals surface area contributed by atoms with Gasteiger partial charge in [-0.05, 0) is 38.1 Å². The van der Waals surface area contributed by atoms with Gasteiger partial charge in [-0.3, -0.25) is 4.79 Å². The van der Waals surface area contributed by atoms with Crippen molar-refractivity contribution in [2.45, 2.75) is 31.2 Å². The number of hydrogen-bond acceptors (Lipinski definition) is 4.